The molecule has 0 aromatic carbocycles. The highest BCUT2D eigenvalue weighted by Gasteiger charge is 2.37. The fourth-order valence-electron chi connectivity index (χ4n) is 2.95. The van der Waals surface area contributed by atoms with Crippen molar-refractivity contribution in [3.8, 4) is 0 Å². The Kier molecular flexibility index (Phi) is 5.16. The third-order valence-electron chi connectivity index (χ3n) is 4.19. The molecule has 112 valence electrons. The molecule has 1 fully saturated rings. The van der Waals surface area contributed by atoms with Crippen molar-refractivity contribution in [2.75, 3.05) is 14.1 Å². The second-order valence-corrected chi connectivity index (χ2v) is 7.00. The van der Waals surface area contributed by atoms with Gasteiger partial charge in [-0.05, 0) is 39.4 Å². The van der Waals surface area contributed by atoms with Gasteiger partial charge in [0.05, 0.1) is 0 Å². The van der Waals surface area contributed by atoms with Crippen molar-refractivity contribution in [2.24, 2.45) is 0 Å². The number of nitrogens with zero attached hydrogens (tertiary/aromatic N) is 1. The summed E-state index contributed by atoms with van der Waals surface area (Å²) in [6.07, 6.45) is 10.1. The van der Waals surface area contributed by atoms with E-state index in [1.54, 1.807) is 18.2 Å². The van der Waals surface area contributed by atoms with E-state index in [0.29, 0.717) is 17.5 Å². The summed E-state index contributed by atoms with van der Waals surface area (Å²) in [5, 5.41) is 3.78. The number of hydrogen-bond donors (Lipinski definition) is 1. The molecule has 1 amide bonds. The first-order valence-electron chi connectivity index (χ1n) is 7.13. The molecule has 2 rings (SSSR count). The van der Waals surface area contributed by atoms with Crippen LogP contribution in [0.2, 0.25) is 0 Å². The maximum absolute atomic E-state index is 12.5. The first kappa shape index (κ1) is 15.9. The van der Waals surface area contributed by atoms with Crippen molar-refractivity contribution in [1.29, 1.82) is 0 Å². The van der Waals surface area contributed by atoms with Crippen molar-refractivity contribution in [3.63, 3.8) is 0 Å². The molecule has 0 aromatic rings. The maximum Gasteiger partial charge on any atom is 0.245 e. The lowest BCUT2D eigenvalue weighted by atomic mass is 9.88. The number of halogens is 2. The van der Waals surface area contributed by atoms with E-state index < -0.39 is 4.87 Å². The van der Waals surface area contributed by atoms with Gasteiger partial charge in [0.2, 0.25) is 5.91 Å². The molecule has 2 aliphatic rings. The van der Waals surface area contributed by atoms with Crippen LogP contribution < -0.4 is 5.32 Å². The minimum atomic E-state index is -0.993. The Morgan fingerprint density at radius 2 is 2.10 bits per heavy atom. The van der Waals surface area contributed by atoms with Crippen molar-refractivity contribution in [1.82, 2.24) is 10.2 Å². The molecule has 3 nitrogen and oxygen atoms in total. The van der Waals surface area contributed by atoms with Gasteiger partial charge in [-0.25, -0.2) is 0 Å². The fraction of sp³-hybridized carbons (Fsp3) is 0.667. The summed E-state index contributed by atoms with van der Waals surface area (Å²) in [5.74, 6) is -0.116. The minimum Gasteiger partial charge on any atom is -0.350 e. The van der Waals surface area contributed by atoms with Gasteiger partial charge in [-0.15, -0.1) is 11.6 Å². The third kappa shape index (κ3) is 3.57. The fourth-order valence-corrected chi connectivity index (χ4v) is 3.28. The summed E-state index contributed by atoms with van der Waals surface area (Å²) < 4.78 is 0. The molecule has 1 saturated carbocycles. The van der Waals surface area contributed by atoms with Crippen LogP contribution in [0.25, 0.3) is 0 Å². The van der Waals surface area contributed by atoms with Crippen molar-refractivity contribution in [3.05, 3.63) is 23.3 Å². The van der Waals surface area contributed by atoms with Crippen LogP contribution in [-0.2, 0) is 4.79 Å². The molecule has 0 bridgehead atoms. The Balaban J connectivity index is 2.01. The molecule has 2 aliphatic carbocycles. The molecule has 20 heavy (non-hydrogen) atoms. The van der Waals surface area contributed by atoms with Crippen LogP contribution in [0.4, 0.5) is 0 Å². The molecule has 3 atom stereocenters. The quantitative estimate of drug-likeness (QED) is 0.812. The van der Waals surface area contributed by atoms with E-state index >= 15 is 0 Å². The molecule has 0 aliphatic heterocycles. The number of carbonyl (C=O) groups is 1. The average Bonchev–Trinajstić information content (AvgIpc) is 2.42. The lowest BCUT2D eigenvalue weighted by Gasteiger charge is -2.38. The molecule has 0 saturated heterocycles. The van der Waals surface area contributed by atoms with Gasteiger partial charge < -0.3 is 10.2 Å². The van der Waals surface area contributed by atoms with Crippen LogP contribution in [0.1, 0.15) is 32.1 Å². The molecule has 0 aromatic heterocycles. The van der Waals surface area contributed by atoms with E-state index in [2.05, 4.69) is 24.3 Å². The van der Waals surface area contributed by atoms with E-state index in [1.165, 1.54) is 6.42 Å². The average molecular weight is 317 g/mol. The number of nitrogens with one attached hydrogen (secondary N) is 1. The highest BCUT2D eigenvalue weighted by Crippen LogP contribution is 2.30. The number of allylic oxidation sites excluding steroid dienone is 3. The monoisotopic (exact) mass is 316 g/mol. The zero-order chi connectivity index (χ0) is 14.8. The molecule has 1 N–H and O–H groups in total. The van der Waals surface area contributed by atoms with Crippen LogP contribution in [0.3, 0.4) is 0 Å². The Bertz CT molecular complexity index is 434. The number of amides is 1. The third-order valence-corrected chi connectivity index (χ3v) is 4.92. The van der Waals surface area contributed by atoms with Gasteiger partial charge in [0.25, 0.3) is 0 Å². The molecule has 0 spiro atoms. The second kappa shape index (κ2) is 6.50. The van der Waals surface area contributed by atoms with Crippen molar-refractivity contribution in [2.45, 2.75) is 49.1 Å². The van der Waals surface area contributed by atoms with Gasteiger partial charge in [-0.3, -0.25) is 4.79 Å². The van der Waals surface area contributed by atoms with Crippen LogP contribution >= 0.6 is 23.2 Å². The highest BCUT2D eigenvalue weighted by atomic mass is 35.5. The standard InChI is InChI=1S/C15H22Cl2N2O/c1-19(2)13-6-4-3-5-12(13)18-14(20)15(17)9-7-11(16)8-10-15/h7-9,12-13H,3-6,10H2,1-2H3,(H,18,20)/t12-,13-,15?/m1/s1. The van der Waals surface area contributed by atoms with Crippen LogP contribution in [-0.4, -0.2) is 41.9 Å². The summed E-state index contributed by atoms with van der Waals surface area (Å²) in [6, 6.07) is 0.566. The maximum atomic E-state index is 12.5. The lowest BCUT2D eigenvalue weighted by Crippen LogP contribution is -2.55. The number of rotatable bonds is 3. The molecule has 5 heteroatoms. The van der Waals surface area contributed by atoms with Crippen molar-refractivity contribution >= 4 is 29.1 Å². The van der Waals surface area contributed by atoms with Gasteiger partial charge >= 0.3 is 0 Å². The van der Waals surface area contributed by atoms with Gasteiger partial charge in [-0.1, -0.05) is 36.6 Å². The van der Waals surface area contributed by atoms with Gasteiger partial charge in [-0.2, -0.15) is 0 Å². The highest BCUT2D eigenvalue weighted by molar-refractivity contribution is 6.37. The zero-order valence-corrected chi connectivity index (χ0v) is 13.5. The Labute approximate surface area is 131 Å². The van der Waals surface area contributed by atoms with E-state index in [0.717, 1.165) is 19.3 Å². The summed E-state index contributed by atoms with van der Waals surface area (Å²) in [7, 11) is 4.13. The van der Waals surface area contributed by atoms with Crippen LogP contribution in [0.5, 0.6) is 0 Å². The van der Waals surface area contributed by atoms with Crippen LogP contribution in [0.15, 0.2) is 23.3 Å². The number of likely N-dealkylation sites (N-methyl/N-ethyl adjacent to an activating group) is 1. The predicted molar refractivity (Wildman–Crippen MR) is 84.2 cm³/mol. The summed E-state index contributed by atoms with van der Waals surface area (Å²) in [6.45, 7) is 0. The summed E-state index contributed by atoms with van der Waals surface area (Å²) in [5.41, 5.74) is 0. The smallest absolute Gasteiger partial charge is 0.245 e. The first-order chi connectivity index (χ1) is 9.42. The Morgan fingerprint density at radius 1 is 1.40 bits per heavy atom. The van der Waals surface area contributed by atoms with Crippen molar-refractivity contribution < 1.29 is 4.79 Å². The molecular formula is C15H22Cl2N2O. The normalized spacial score (nSPS) is 34.0. The van der Waals surface area contributed by atoms with E-state index in [9.17, 15) is 4.79 Å². The summed E-state index contributed by atoms with van der Waals surface area (Å²) >= 11 is 12.3. The largest absolute Gasteiger partial charge is 0.350 e. The Hall–Kier alpha value is -0.510. The van der Waals surface area contributed by atoms with Gasteiger partial charge in [0.1, 0.15) is 4.87 Å². The number of carbonyl (C=O) groups excluding carboxylic acids is 1. The van der Waals surface area contributed by atoms with Crippen LogP contribution in [0, 0.1) is 0 Å². The lowest BCUT2D eigenvalue weighted by molar-refractivity contribution is -0.123. The second-order valence-electron chi connectivity index (χ2n) is 5.88. The summed E-state index contributed by atoms with van der Waals surface area (Å²) in [4.78, 5) is 13.7. The SMILES string of the molecule is CN(C)[C@@H]1CCCC[C@H]1NC(=O)C1(Cl)C=CC(Cl)=CC1. The molecule has 1 unspecified atom stereocenters. The molecule has 0 heterocycles. The topological polar surface area (TPSA) is 32.3 Å². The minimum absolute atomic E-state index is 0.116. The van der Waals surface area contributed by atoms with E-state index in [1.807, 2.05) is 0 Å². The van der Waals surface area contributed by atoms with E-state index in [4.69, 9.17) is 23.2 Å². The predicted octanol–water partition coefficient (Wildman–Crippen LogP) is 3.04. The molecular weight excluding hydrogens is 295 g/mol. The zero-order valence-electron chi connectivity index (χ0n) is 12.0. The molecule has 0 radical (unpaired) electrons. The number of hydrogen-bond acceptors (Lipinski definition) is 2. The Morgan fingerprint density at radius 3 is 2.70 bits per heavy atom. The van der Waals surface area contributed by atoms with Gasteiger partial charge in [0, 0.05) is 17.1 Å². The van der Waals surface area contributed by atoms with E-state index in [-0.39, 0.29) is 11.9 Å². The van der Waals surface area contributed by atoms with Gasteiger partial charge in [0.15, 0.2) is 0 Å². The first-order valence-corrected chi connectivity index (χ1v) is 7.89. The number of alkyl halides is 1.